The molecule has 66 heavy (non-hydrogen) atoms. The number of hydrogen-bond donors (Lipinski definition) is 1. The lowest BCUT2D eigenvalue weighted by Crippen LogP contribution is -2.02. The second-order valence-electron chi connectivity index (χ2n) is 17.8. The molecule has 316 valence electrons. The summed E-state index contributed by atoms with van der Waals surface area (Å²) >= 11 is 0. The molecule has 2 unspecified atom stereocenters. The Morgan fingerprint density at radius 1 is 0.515 bits per heavy atom. The van der Waals surface area contributed by atoms with Gasteiger partial charge in [-0.2, -0.15) is 0 Å². The zero-order chi connectivity index (χ0) is 44.3. The van der Waals surface area contributed by atoms with Crippen molar-refractivity contribution in [2.45, 2.75) is 25.7 Å². The molecule has 1 saturated carbocycles. The van der Waals surface area contributed by atoms with E-state index >= 15 is 0 Å². The van der Waals surface area contributed by atoms with Gasteiger partial charge in [-0.1, -0.05) is 152 Å². The number of nitrogen functional groups attached to an aromatic ring is 1. The molecule has 1 fully saturated rings. The van der Waals surface area contributed by atoms with Gasteiger partial charge in [0.25, 0.3) is 0 Å². The standard InChI is InChI=1S/C63H47NO2/c1-3-12-51-50(4-2)55-38-56(55)52-28-25-47(35-54(51)52)44-19-9-16-41(32-44)40-15-7-13-39(31-40)14-8-24-62-63(64)58-37-49(27-30-61(58)66-62)46-21-11-18-43(34-46)42-17-10-20-45(33-42)48-26-29-60-57(36-48)53-22-5-6-23-59(53)65-60/h3-13,15-37,55-56H,2,14,38,64H2,1H3/b12-3-,24-8-. The normalized spacial score (nSPS) is 15.6. The number of anilines is 1. The van der Waals surface area contributed by atoms with Gasteiger partial charge in [-0.05, 0) is 176 Å². The molecule has 2 atom stereocenters. The van der Waals surface area contributed by atoms with Crippen LogP contribution < -0.4 is 5.73 Å². The van der Waals surface area contributed by atoms with Crippen molar-refractivity contribution in [1.29, 1.82) is 0 Å². The summed E-state index contributed by atoms with van der Waals surface area (Å²) in [5.41, 5.74) is 28.5. The molecular formula is C63H47NO2. The van der Waals surface area contributed by atoms with Gasteiger partial charge >= 0.3 is 0 Å². The molecule has 2 N–H and O–H groups in total. The summed E-state index contributed by atoms with van der Waals surface area (Å²) in [6.07, 6.45) is 12.6. The van der Waals surface area contributed by atoms with Gasteiger partial charge in [-0.15, -0.1) is 0 Å². The third-order valence-corrected chi connectivity index (χ3v) is 13.7. The highest BCUT2D eigenvalue weighted by molar-refractivity contribution is 6.06. The largest absolute Gasteiger partial charge is 0.456 e. The molecular weight excluding hydrogens is 803 g/mol. The van der Waals surface area contributed by atoms with E-state index in [1.54, 1.807) is 0 Å². The molecule has 0 spiro atoms. The Labute approximate surface area is 385 Å². The van der Waals surface area contributed by atoms with Crippen LogP contribution in [0.25, 0.3) is 100 Å². The lowest BCUT2D eigenvalue weighted by atomic mass is 9.83. The lowest BCUT2D eigenvalue weighted by molar-refractivity contribution is 0.605. The molecule has 0 saturated heterocycles. The minimum absolute atomic E-state index is 0.617. The fraction of sp³-hybridized carbons (Fsp3) is 0.0794. The first-order valence-electron chi connectivity index (χ1n) is 22.9. The number of furan rings is 2. The summed E-state index contributed by atoms with van der Waals surface area (Å²) < 4.78 is 12.4. The minimum Gasteiger partial charge on any atom is -0.456 e. The maximum absolute atomic E-state index is 6.80. The second kappa shape index (κ2) is 16.1. The van der Waals surface area contributed by atoms with E-state index in [1.807, 2.05) is 24.3 Å². The summed E-state index contributed by atoms with van der Waals surface area (Å²) in [6.45, 7) is 6.28. The van der Waals surface area contributed by atoms with E-state index in [2.05, 4.69) is 196 Å². The molecule has 0 radical (unpaired) electrons. The Hall–Kier alpha value is -8.14. The average molecular weight is 850 g/mol. The number of nitrogens with two attached hydrogens (primary N) is 1. The molecule has 0 bridgehead atoms. The molecule has 8 aromatic carbocycles. The molecule has 0 aliphatic heterocycles. The van der Waals surface area contributed by atoms with Crippen molar-refractivity contribution in [3.05, 3.63) is 235 Å². The highest BCUT2D eigenvalue weighted by atomic mass is 16.3. The Morgan fingerprint density at radius 2 is 1.06 bits per heavy atom. The van der Waals surface area contributed by atoms with E-state index < -0.39 is 0 Å². The van der Waals surface area contributed by atoms with E-state index in [-0.39, 0.29) is 0 Å². The van der Waals surface area contributed by atoms with Crippen LogP contribution in [0.4, 0.5) is 5.69 Å². The quantitative estimate of drug-likeness (QED) is 0.149. The van der Waals surface area contributed by atoms with Crippen molar-refractivity contribution < 1.29 is 8.83 Å². The van der Waals surface area contributed by atoms with Crippen LogP contribution in [0.1, 0.15) is 41.7 Å². The van der Waals surface area contributed by atoms with Crippen LogP contribution in [0.5, 0.6) is 0 Å². The van der Waals surface area contributed by atoms with Crippen molar-refractivity contribution in [3.8, 4) is 55.6 Å². The number of benzene rings is 8. The Bertz CT molecular complexity index is 3660. The average Bonchev–Trinajstić information content (AvgIpc) is 3.99. The first-order valence-corrected chi connectivity index (χ1v) is 22.9. The van der Waals surface area contributed by atoms with Gasteiger partial charge in [0, 0.05) is 16.2 Å². The first-order chi connectivity index (χ1) is 32.5. The molecule has 3 heteroatoms. The molecule has 12 rings (SSSR count). The summed E-state index contributed by atoms with van der Waals surface area (Å²) in [5, 5.41) is 3.17. The maximum Gasteiger partial charge on any atom is 0.150 e. The highest BCUT2D eigenvalue weighted by Gasteiger charge is 2.45. The molecule has 0 amide bonds. The third kappa shape index (κ3) is 7.01. The summed E-state index contributed by atoms with van der Waals surface area (Å²) in [7, 11) is 0. The Kier molecular flexibility index (Phi) is 9.65. The number of fused-ring (bicyclic) bond motifs is 7. The van der Waals surface area contributed by atoms with Crippen LogP contribution in [-0.4, -0.2) is 0 Å². The number of hydrogen-bond acceptors (Lipinski definition) is 3. The predicted octanol–water partition coefficient (Wildman–Crippen LogP) is 17.1. The summed E-state index contributed by atoms with van der Waals surface area (Å²) in [6, 6.07) is 63.2. The molecule has 2 aliphatic rings. The second-order valence-corrected chi connectivity index (χ2v) is 17.8. The molecule has 3 nitrogen and oxygen atoms in total. The predicted molar refractivity (Wildman–Crippen MR) is 277 cm³/mol. The minimum atomic E-state index is 0.617. The number of rotatable bonds is 10. The van der Waals surface area contributed by atoms with E-state index in [0.29, 0.717) is 23.3 Å². The van der Waals surface area contributed by atoms with Crippen molar-refractivity contribution in [2.75, 3.05) is 5.73 Å². The topological polar surface area (TPSA) is 52.3 Å². The SMILES string of the molecule is C=CC1=C(/C=C\C)c2cc(-c3cccc(-c4cccc(C/C=C\c5oc6ccc(-c7cccc(-c8cccc(-c9ccc%10oc%11ccccc%11c%10c9)c8)c7)cc6c5N)c4)c3)ccc2C2CC12. The Balaban J connectivity index is 0.763. The van der Waals surface area contributed by atoms with Gasteiger partial charge in [-0.3, -0.25) is 0 Å². The van der Waals surface area contributed by atoms with E-state index in [4.69, 9.17) is 14.6 Å². The van der Waals surface area contributed by atoms with Crippen molar-refractivity contribution in [3.63, 3.8) is 0 Å². The number of allylic oxidation sites excluding steroid dienone is 6. The fourth-order valence-electron chi connectivity index (χ4n) is 10.3. The van der Waals surface area contributed by atoms with Gasteiger partial charge < -0.3 is 14.6 Å². The Morgan fingerprint density at radius 3 is 1.71 bits per heavy atom. The summed E-state index contributed by atoms with van der Waals surface area (Å²) in [5.74, 6) is 1.92. The molecule has 10 aromatic rings. The lowest BCUT2D eigenvalue weighted by Gasteiger charge is -2.21. The fourth-order valence-corrected chi connectivity index (χ4v) is 10.3. The molecule has 2 aromatic heterocycles. The van der Waals surface area contributed by atoms with Crippen LogP contribution in [0.15, 0.2) is 221 Å². The van der Waals surface area contributed by atoms with Crippen LogP contribution in [0.3, 0.4) is 0 Å². The zero-order valence-electron chi connectivity index (χ0n) is 36.8. The third-order valence-electron chi connectivity index (χ3n) is 13.7. The maximum atomic E-state index is 6.80. The van der Waals surface area contributed by atoms with Crippen LogP contribution in [0.2, 0.25) is 0 Å². The van der Waals surface area contributed by atoms with E-state index in [1.165, 1.54) is 56.5 Å². The van der Waals surface area contributed by atoms with Crippen LogP contribution >= 0.6 is 0 Å². The van der Waals surface area contributed by atoms with Crippen LogP contribution in [0, 0.1) is 5.92 Å². The first kappa shape index (κ1) is 39.5. The van der Waals surface area contributed by atoms with Crippen LogP contribution in [-0.2, 0) is 6.42 Å². The van der Waals surface area contributed by atoms with Gasteiger partial charge in [0.05, 0.1) is 5.69 Å². The van der Waals surface area contributed by atoms with Gasteiger partial charge in [0.15, 0.2) is 5.76 Å². The number of para-hydroxylation sites is 1. The van der Waals surface area contributed by atoms with Crippen molar-refractivity contribution in [1.82, 2.24) is 0 Å². The van der Waals surface area contributed by atoms with Gasteiger partial charge in [0.1, 0.15) is 16.7 Å². The smallest absolute Gasteiger partial charge is 0.150 e. The monoisotopic (exact) mass is 849 g/mol. The molecule has 2 heterocycles. The van der Waals surface area contributed by atoms with E-state index in [9.17, 15) is 0 Å². The van der Waals surface area contributed by atoms with Crippen molar-refractivity contribution in [2.24, 2.45) is 5.92 Å². The van der Waals surface area contributed by atoms with Gasteiger partial charge in [-0.25, -0.2) is 0 Å². The van der Waals surface area contributed by atoms with E-state index in [0.717, 1.165) is 72.7 Å². The summed E-state index contributed by atoms with van der Waals surface area (Å²) in [4.78, 5) is 0. The zero-order valence-corrected chi connectivity index (χ0v) is 36.8. The van der Waals surface area contributed by atoms with Gasteiger partial charge in [0.2, 0.25) is 0 Å². The van der Waals surface area contributed by atoms with Crippen molar-refractivity contribution >= 4 is 50.2 Å². The highest BCUT2D eigenvalue weighted by Crippen LogP contribution is 2.59. The molecule has 2 aliphatic carbocycles.